The van der Waals surface area contributed by atoms with Crippen LogP contribution in [0.25, 0.3) is 0 Å². The lowest BCUT2D eigenvalue weighted by Crippen LogP contribution is -3.00. The van der Waals surface area contributed by atoms with E-state index in [1.54, 1.807) is 0 Å². The molecule has 1 saturated heterocycles. The number of nitrogens with zero attached hydrogens (tertiary/aromatic N) is 1. The van der Waals surface area contributed by atoms with Crippen molar-refractivity contribution in [3.63, 3.8) is 0 Å². The summed E-state index contributed by atoms with van der Waals surface area (Å²) in [6.07, 6.45) is 5.68. The molecule has 5 atom stereocenters. The van der Waals surface area contributed by atoms with E-state index in [2.05, 4.69) is 20.0 Å². The van der Waals surface area contributed by atoms with Gasteiger partial charge in [0.1, 0.15) is 11.6 Å². The van der Waals surface area contributed by atoms with Crippen molar-refractivity contribution >= 4 is 5.78 Å². The normalized spacial score (nSPS) is 40.3. The van der Waals surface area contributed by atoms with Gasteiger partial charge in [-0.25, -0.2) is 0 Å². The average molecular weight is 525 g/mol. The molecule has 0 radical (unpaired) electrons. The van der Waals surface area contributed by atoms with E-state index in [4.69, 9.17) is 9.47 Å². The average Bonchev–Trinajstić information content (AvgIpc) is 3.42. The molecule has 2 bridgehead atoms. The molecule has 1 aromatic carbocycles. The van der Waals surface area contributed by atoms with Gasteiger partial charge >= 0.3 is 0 Å². The maximum Gasteiger partial charge on any atom is 0.174 e. The zero-order chi connectivity index (χ0) is 20.0. The Kier molecular flexibility index (Phi) is 4.77. The molecule has 1 spiro atoms. The number of aliphatic hydroxyl groups is 1. The van der Waals surface area contributed by atoms with E-state index >= 15 is 0 Å². The first kappa shape index (κ1) is 21.0. The minimum Gasteiger partial charge on any atom is -1.00 e. The van der Waals surface area contributed by atoms with Crippen LogP contribution >= 0.6 is 0 Å². The molecule has 1 N–H and O–H groups in total. The molecular weight excluding hydrogens is 493 g/mol. The Hall–Kier alpha value is -0.860. The molecule has 30 heavy (non-hydrogen) atoms. The summed E-state index contributed by atoms with van der Waals surface area (Å²) in [5.74, 6) is 2.44. The quantitative estimate of drug-likeness (QED) is 0.426. The standard InChI is InChI=1S/C24H32NO4.HI/c1-3-12-28-18-7-6-16-13-19-24(27)9-8-17(26)22-23(24,20(16)21(18)29-22)10-11-25(19,2)14-15-4-5-15;/h6-7,15,19,22,27H,3-5,8-14H2,1-2H3;1H/q+1;/p-1/t19-,22+,23+,24-,25?;/m1./s1. The van der Waals surface area contributed by atoms with E-state index in [0.29, 0.717) is 19.4 Å². The monoisotopic (exact) mass is 525 g/mol. The highest BCUT2D eigenvalue weighted by Crippen LogP contribution is 2.66. The molecule has 5 nitrogen and oxygen atoms in total. The number of quaternary nitrogens is 1. The third kappa shape index (κ3) is 2.50. The Morgan fingerprint density at radius 3 is 2.83 bits per heavy atom. The van der Waals surface area contributed by atoms with E-state index in [0.717, 1.165) is 59.8 Å². The second kappa shape index (κ2) is 6.82. The maximum atomic E-state index is 13.1. The first-order valence-corrected chi connectivity index (χ1v) is 11.5. The molecule has 3 fully saturated rings. The Morgan fingerprint density at radius 2 is 2.10 bits per heavy atom. The van der Waals surface area contributed by atoms with Gasteiger partial charge in [-0.2, -0.15) is 0 Å². The second-order valence-electron chi connectivity index (χ2n) is 10.4. The summed E-state index contributed by atoms with van der Waals surface area (Å²) < 4.78 is 13.3. The molecule has 0 amide bonds. The number of ketones is 1. The van der Waals surface area contributed by atoms with Gasteiger partial charge in [-0.05, 0) is 37.3 Å². The van der Waals surface area contributed by atoms with Gasteiger partial charge in [0.05, 0.1) is 32.2 Å². The predicted molar refractivity (Wildman–Crippen MR) is 108 cm³/mol. The number of likely N-dealkylation sites (tertiary alicyclic amines) is 1. The van der Waals surface area contributed by atoms with Gasteiger partial charge in [0.2, 0.25) is 0 Å². The number of carbonyl (C=O) groups excluding carboxylic acids is 1. The van der Waals surface area contributed by atoms with E-state index in [1.807, 2.05) is 6.07 Å². The Morgan fingerprint density at radius 1 is 1.30 bits per heavy atom. The van der Waals surface area contributed by atoms with Crippen LogP contribution in [0.2, 0.25) is 0 Å². The number of likely N-dealkylation sites (N-methyl/N-ethyl adjacent to an activating group) is 1. The highest BCUT2D eigenvalue weighted by Gasteiger charge is 2.76. The van der Waals surface area contributed by atoms with Crippen LogP contribution in [-0.2, 0) is 16.6 Å². The molecule has 1 unspecified atom stereocenters. The first-order chi connectivity index (χ1) is 13.9. The van der Waals surface area contributed by atoms with Gasteiger partial charge in [-0.3, -0.25) is 4.79 Å². The van der Waals surface area contributed by atoms with Crippen LogP contribution < -0.4 is 33.5 Å². The number of carbonyl (C=O) groups is 1. The van der Waals surface area contributed by atoms with Crippen molar-refractivity contribution in [2.45, 2.75) is 75.0 Å². The predicted octanol–water partition coefficient (Wildman–Crippen LogP) is -0.243. The summed E-state index contributed by atoms with van der Waals surface area (Å²) in [5.41, 5.74) is 0.883. The van der Waals surface area contributed by atoms with E-state index in [-0.39, 0.29) is 35.8 Å². The molecular formula is C24H32INO4. The van der Waals surface area contributed by atoms with Crippen molar-refractivity contribution < 1.29 is 47.8 Å². The molecule has 3 aliphatic carbocycles. The van der Waals surface area contributed by atoms with Crippen LogP contribution in [-0.4, -0.2) is 59.9 Å². The van der Waals surface area contributed by atoms with Crippen molar-refractivity contribution in [2.24, 2.45) is 5.92 Å². The molecule has 2 saturated carbocycles. The highest BCUT2D eigenvalue weighted by molar-refractivity contribution is 5.90. The van der Waals surface area contributed by atoms with Crippen molar-refractivity contribution in [2.75, 3.05) is 26.7 Å². The van der Waals surface area contributed by atoms with Crippen molar-refractivity contribution in [3.05, 3.63) is 23.3 Å². The number of Topliss-reactive ketones (excluding diaryl/α,β-unsaturated/α-hetero) is 1. The number of piperidine rings is 1. The van der Waals surface area contributed by atoms with Crippen LogP contribution in [0.1, 0.15) is 56.6 Å². The van der Waals surface area contributed by atoms with E-state index in [9.17, 15) is 9.90 Å². The Labute approximate surface area is 195 Å². The van der Waals surface area contributed by atoms with Gasteiger partial charge in [-0.1, -0.05) is 13.0 Å². The second-order valence-corrected chi connectivity index (χ2v) is 10.4. The highest BCUT2D eigenvalue weighted by atomic mass is 127. The summed E-state index contributed by atoms with van der Waals surface area (Å²) in [6.45, 7) is 4.88. The number of halogens is 1. The van der Waals surface area contributed by atoms with Gasteiger partial charge in [0.15, 0.2) is 23.4 Å². The molecule has 2 aliphatic heterocycles. The first-order valence-electron chi connectivity index (χ1n) is 11.5. The van der Waals surface area contributed by atoms with Crippen molar-refractivity contribution in [3.8, 4) is 11.5 Å². The zero-order valence-corrected chi connectivity index (χ0v) is 20.1. The zero-order valence-electron chi connectivity index (χ0n) is 18.0. The summed E-state index contributed by atoms with van der Waals surface area (Å²) in [4.78, 5) is 13.1. The topological polar surface area (TPSA) is 55.8 Å². The van der Waals surface area contributed by atoms with Gasteiger partial charge in [0, 0.05) is 30.7 Å². The minimum absolute atomic E-state index is 0. The van der Waals surface area contributed by atoms with Gasteiger partial charge < -0.3 is 43.0 Å². The number of ether oxygens (including phenoxy) is 2. The third-order valence-electron chi connectivity index (χ3n) is 8.72. The lowest BCUT2D eigenvalue weighted by molar-refractivity contribution is -0.950. The summed E-state index contributed by atoms with van der Waals surface area (Å²) in [6, 6.07) is 4.33. The molecule has 5 aliphatic rings. The minimum atomic E-state index is -0.880. The van der Waals surface area contributed by atoms with Gasteiger partial charge in [-0.15, -0.1) is 0 Å². The van der Waals surface area contributed by atoms with Crippen molar-refractivity contribution in [1.29, 1.82) is 0 Å². The van der Waals surface area contributed by atoms with Crippen LogP contribution in [0.15, 0.2) is 12.1 Å². The lowest BCUT2D eigenvalue weighted by Gasteiger charge is -2.64. The SMILES string of the molecule is CCCOc1ccc2c3c1O[C@H]1C(=O)CC[C@@]4(O)[C@@H](C2)[N+](C)(CC2CC2)CC[C@]314.[I-]. The Balaban J connectivity index is 0.00000193. The van der Waals surface area contributed by atoms with Crippen molar-refractivity contribution in [1.82, 2.24) is 0 Å². The van der Waals surface area contributed by atoms with E-state index in [1.165, 1.54) is 18.4 Å². The lowest BCUT2D eigenvalue weighted by atomic mass is 9.48. The van der Waals surface area contributed by atoms with Crippen LogP contribution in [0.5, 0.6) is 11.5 Å². The summed E-state index contributed by atoms with van der Waals surface area (Å²) >= 11 is 0. The fourth-order valence-electron chi connectivity index (χ4n) is 7.25. The fraction of sp³-hybridized carbons (Fsp3) is 0.708. The van der Waals surface area contributed by atoms with Gasteiger partial charge in [0.25, 0.3) is 0 Å². The number of rotatable bonds is 5. The van der Waals surface area contributed by atoms with Crippen LogP contribution in [0.3, 0.4) is 0 Å². The molecule has 0 aromatic heterocycles. The molecule has 6 rings (SSSR count). The van der Waals surface area contributed by atoms with E-state index < -0.39 is 17.1 Å². The molecule has 1 aromatic rings. The summed E-state index contributed by atoms with van der Waals surface area (Å²) in [5, 5.41) is 12.4. The molecule has 164 valence electrons. The number of hydrogen-bond acceptors (Lipinski definition) is 4. The fourth-order valence-corrected chi connectivity index (χ4v) is 7.25. The molecule has 2 heterocycles. The number of hydrogen-bond donors (Lipinski definition) is 1. The Bertz CT molecular complexity index is 901. The largest absolute Gasteiger partial charge is 1.00 e. The molecule has 6 heteroatoms. The summed E-state index contributed by atoms with van der Waals surface area (Å²) in [7, 11) is 2.35. The maximum absolute atomic E-state index is 13.1. The van der Waals surface area contributed by atoms with Crippen LogP contribution in [0, 0.1) is 5.92 Å². The number of benzene rings is 1. The third-order valence-corrected chi connectivity index (χ3v) is 8.72. The smallest absolute Gasteiger partial charge is 0.174 e. The van der Waals surface area contributed by atoms with Crippen LogP contribution in [0.4, 0.5) is 0 Å².